The van der Waals surface area contributed by atoms with Gasteiger partial charge >= 0.3 is 0 Å². The van der Waals surface area contributed by atoms with Crippen molar-refractivity contribution < 1.29 is 4.79 Å². The molecule has 0 unspecified atom stereocenters. The van der Waals surface area contributed by atoms with Crippen molar-refractivity contribution in [2.75, 3.05) is 0 Å². The van der Waals surface area contributed by atoms with E-state index in [-0.39, 0.29) is 0 Å². The van der Waals surface area contributed by atoms with Gasteiger partial charge in [-0.1, -0.05) is 0 Å². The molecule has 14 heavy (non-hydrogen) atoms. The van der Waals surface area contributed by atoms with Gasteiger partial charge in [0, 0.05) is 17.1 Å². The molecule has 1 aliphatic heterocycles. The van der Waals surface area contributed by atoms with E-state index in [4.69, 9.17) is 0 Å². The molecule has 2 heterocycles. The van der Waals surface area contributed by atoms with Crippen LogP contribution in [0.4, 0.5) is 0 Å². The normalized spacial score (nSPS) is 20.6. The summed E-state index contributed by atoms with van der Waals surface area (Å²) in [6.07, 6.45) is 4.68. The number of rotatable bonds is 2. The van der Waals surface area contributed by atoms with Gasteiger partial charge in [-0.2, -0.15) is 16.9 Å². The van der Waals surface area contributed by atoms with Gasteiger partial charge in [0.1, 0.15) is 5.69 Å². The molecular weight excluding hydrogens is 196 g/mol. The van der Waals surface area contributed by atoms with Crippen LogP contribution in [0.2, 0.25) is 0 Å². The lowest BCUT2D eigenvalue weighted by Crippen LogP contribution is -2.20. The third-order valence-corrected chi connectivity index (χ3v) is 4.14. The first-order valence-corrected chi connectivity index (χ1v) is 6.19. The summed E-state index contributed by atoms with van der Waals surface area (Å²) in [5.74, 6) is 2.00. The lowest BCUT2D eigenvalue weighted by molar-refractivity contribution is 0.111. The van der Waals surface area contributed by atoms with E-state index in [1.165, 1.54) is 30.5 Å². The van der Waals surface area contributed by atoms with Crippen molar-refractivity contribution in [3.05, 3.63) is 17.0 Å². The molecule has 1 fully saturated rings. The summed E-state index contributed by atoms with van der Waals surface area (Å²) in [6.45, 7) is 0. The summed E-state index contributed by atoms with van der Waals surface area (Å²) in [6, 6.07) is 0.580. The Kier molecular flexibility index (Phi) is 1.90. The molecule has 0 spiro atoms. The number of aldehydes is 1. The molecule has 0 saturated heterocycles. The summed E-state index contributed by atoms with van der Waals surface area (Å²) >= 11 is 1.89. The molecule has 0 amide bonds. The van der Waals surface area contributed by atoms with Crippen LogP contribution in [0.25, 0.3) is 0 Å². The van der Waals surface area contributed by atoms with Crippen molar-refractivity contribution in [1.29, 1.82) is 0 Å². The highest BCUT2D eigenvalue weighted by Crippen LogP contribution is 2.38. The summed E-state index contributed by atoms with van der Waals surface area (Å²) in [5.41, 5.74) is 3.18. The summed E-state index contributed by atoms with van der Waals surface area (Å²) in [7, 11) is 0. The molecule has 4 heteroatoms. The molecular formula is C10H12N2OS. The maximum Gasteiger partial charge on any atom is 0.170 e. The van der Waals surface area contributed by atoms with E-state index in [1.54, 1.807) is 0 Å². The predicted molar refractivity (Wildman–Crippen MR) is 55.5 cm³/mol. The van der Waals surface area contributed by atoms with Crippen LogP contribution in [0.5, 0.6) is 0 Å². The van der Waals surface area contributed by atoms with Gasteiger partial charge in [0.15, 0.2) is 6.29 Å². The highest BCUT2D eigenvalue weighted by Gasteiger charge is 2.28. The second-order valence-electron chi connectivity index (χ2n) is 3.95. The van der Waals surface area contributed by atoms with E-state index >= 15 is 0 Å². The van der Waals surface area contributed by atoms with Crippen molar-refractivity contribution in [1.82, 2.24) is 9.78 Å². The molecule has 1 aromatic heterocycles. The van der Waals surface area contributed by atoms with Gasteiger partial charge < -0.3 is 0 Å². The third-order valence-electron chi connectivity index (χ3n) is 3.17. The Morgan fingerprint density at radius 1 is 1.43 bits per heavy atom. The maximum absolute atomic E-state index is 10.8. The van der Waals surface area contributed by atoms with Crippen molar-refractivity contribution in [3.8, 4) is 0 Å². The van der Waals surface area contributed by atoms with E-state index in [0.717, 1.165) is 17.8 Å². The Morgan fingerprint density at radius 3 is 2.93 bits per heavy atom. The fourth-order valence-electron chi connectivity index (χ4n) is 2.11. The van der Waals surface area contributed by atoms with E-state index in [1.807, 2.05) is 11.8 Å². The second kappa shape index (κ2) is 3.12. The van der Waals surface area contributed by atoms with Crippen molar-refractivity contribution in [2.45, 2.75) is 36.8 Å². The average molecular weight is 208 g/mol. The molecule has 3 nitrogen and oxygen atoms in total. The molecule has 0 aromatic carbocycles. The zero-order valence-electron chi connectivity index (χ0n) is 7.90. The molecule has 0 radical (unpaired) electrons. The highest BCUT2D eigenvalue weighted by atomic mass is 32.2. The molecule has 3 rings (SSSR count). The number of nitrogens with zero attached hydrogens (tertiary/aromatic N) is 2. The number of hydrogen-bond acceptors (Lipinski definition) is 3. The van der Waals surface area contributed by atoms with Crippen molar-refractivity contribution in [2.24, 2.45) is 0 Å². The van der Waals surface area contributed by atoms with Crippen LogP contribution < -0.4 is 0 Å². The second-order valence-corrected chi connectivity index (χ2v) is 4.94. The van der Waals surface area contributed by atoms with Crippen LogP contribution in [0, 0.1) is 0 Å². The third kappa shape index (κ3) is 1.06. The van der Waals surface area contributed by atoms with Crippen LogP contribution in [0.15, 0.2) is 0 Å². The predicted octanol–water partition coefficient (Wildman–Crippen LogP) is 2.17. The fourth-order valence-corrected chi connectivity index (χ4v) is 3.23. The largest absolute Gasteiger partial charge is 0.296 e. The number of thioether (sulfide) groups is 1. The summed E-state index contributed by atoms with van der Waals surface area (Å²) in [4.78, 5) is 10.8. The van der Waals surface area contributed by atoms with E-state index in [2.05, 4.69) is 9.78 Å². The molecule has 0 bridgehead atoms. The monoisotopic (exact) mass is 208 g/mol. The fraction of sp³-hybridized carbons (Fsp3) is 0.600. The van der Waals surface area contributed by atoms with Crippen molar-refractivity contribution >= 4 is 18.0 Å². The number of hydrogen-bond donors (Lipinski definition) is 0. The minimum atomic E-state index is 0.580. The zero-order chi connectivity index (χ0) is 9.54. The molecule has 74 valence electrons. The molecule has 2 aliphatic rings. The molecule has 1 aromatic rings. The van der Waals surface area contributed by atoms with Crippen LogP contribution in [0.3, 0.4) is 0 Å². The molecule has 0 N–H and O–H groups in total. The molecule has 0 atom stereocenters. The van der Waals surface area contributed by atoms with Crippen molar-refractivity contribution in [3.63, 3.8) is 0 Å². The summed E-state index contributed by atoms with van der Waals surface area (Å²) < 4.78 is 2.11. The quantitative estimate of drug-likeness (QED) is 0.699. The Labute approximate surface area is 86.9 Å². The standard InChI is InChI=1S/C10H12N2OS/c13-4-9-8-5-14-6-10(8)12(11-9)7-2-1-3-7/h4,7H,1-3,5-6H2. The molecule has 1 aliphatic carbocycles. The highest BCUT2D eigenvalue weighted by molar-refractivity contribution is 7.98. The SMILES string of the molecule is O=Cc1nn(C2CCC2)c2c1CSC2. The number of fused-ring (bicyclic) bond motifs is 1. The average Bonchev–Trinajstić information content (AvgIpc) is 2.64. The van der Waals surface area contributed by atoms with Crippen LogP contribution in [0.1, 0.15) is 47.1 Å². The van der Waals surface area contributed by atoms with E-state index in [9.17, 15) is 4.79 Å². The first-order chi connectivity index (χ1) is 6.90. The van der Waals surface area contributed by atoms with E-state index < -0.39 is 0 Å². The summed E-state index contributed by atoms with van der Waals surface area (Å²) in [5, 5.41) is 4.41. The Hall–Kier alpha value is -0.770. The first-order valence-electron chi connectivity index (χ1n) is 5.03. The smallest absolute Gasteiger partial charge is 0.170 e. The number of aromatic nitrogens is 2. The van der Waals surface area contributed by atoms with E-state index in [0.29, 0.717) is 11.7 Å². The van der Waals surface area contributed by atoms with Gasteiger partial charge in [-0.3, -0.25) is 9.48 Å². The van der Waals surface area contributed by atoms with Gasteiger partial charge in [0.25, 0.3) is 0 Å². The van der Waals surface area contributed by atoms with Gasteiger partial charge in [-0.15, -0.1) is 0 Å². The zero-order valence-corrected chi connectivity index (χ0v) is 8.72. The number of carbonyl (C=O) groups is 1. The van der Waals surface area contributed by atoms with Crippen LogP contribution in [-0.2, 0) is 11.5 Å². The van der Waals surface area contributed by atoms with Gasteiger partial charge in [-0.05, 0) is 19.3 Å². The number of carbonyl (C=O) groups excluding carboxylic acids is 1. The van der Waals surface area contributed by atoms with Crippen LogP contribution >= 0.6 is 11.8 Å². The Balaban J connectivity index is 2.06. The first kappa shape index (κ1) is 8.53. The van der Waals surface area contributed by atoms with Crippen LogP contribution in [-0.4, -0.2) is 16.1 Å². The minimum absolute atomic E-state index is 0.580. The molecule has 1 saturated carbocycles. The van der Waals surface area contributed by atoms with Gasteiger partial charge in [-0.25, -0.2) is 0 Å². The Bertz CT molecular complexity index is 382. The topological polar surface area (TPSA) is 34.9 Å². The Morgan fingerprint density at radius 2 is 2.29 bits per heavy atom. The maximum atomic E-state index is 10.8. The minimum Gasteiger partial charge on any atom is -0.296 e. The lowest BCUT2D eigenvalue weighted by atomic mass is 9.93. The van der Waals surface area contributed by atoms with Gasteiger partial charge in [0.2, 0.25) is 0 Å². The lowest BCUT2D eigenvalue weighted by Gasteiger charge is -2.27. The van der Waals surface area contributed by atoms with Gasteiger partial charge in [0.05, 0.1) is 11.7 Å².